The van der Waals surface area contributed by atoms with Crippen molar-refractivity contribution in [3.8, 4) is 0 Å². The summed E-state index contributed by atoms with van der Waals surface area (Å²) in [4.78, 5) is 24.2. The number of carboxylic acids is 1. The standard InChI is InChI=1S/C16H20N2O3/c1-17-12-8-6-7-11(13(12)18(2)15(17)21)16(14(19)20)9-4-3-5-10-16/h6-8H,3-5,9-10H2,1-2H3,(H,19,20). The average Bonchev–Trinajstić information content (AvgIpc) is 2.73. The molecule has 0 spiro atoms. The van der Waals surface area contributed by atoms with Crippen molar-refractivity contribution < 1.29 is 9.90 Å². The van der Waals surface area contributed by atoms with Gasteiger partial charge in [-0.3, -0.25) is 13.9 Å². The van der Waals surface area contributed by atoms with Crippen LogP contribution in [0.2, 0.25) is 0 Å². The van der Waals surface area contributed by atoms with Gasteiger partial charge in [0.25, 0.3) is 0 Å². The molecule has 0 unspecified atom stereocenters. The zero-order chi connectivity index (χ0) is 15.2. The van der Waals surface area contributed by atoms with Crippen molar-refractivity contribution in [1.29, 1.82) is 0 Å². The van der Waals surface area contributed by atoms with E-state index in [9.17, 15) is 14.7 Å². The number of nitrogens with zero attached hydrogens (tertiary/aromatic N) is 2. The smallest absolute Gasteiger partial charge is 0.328 e. The Morgan fingerprint density at radius 2 is 1.81 bits per heavy atom. The minimum Gasteiger partial charge on any atom is -0.481 e. The quantitative estimate of drug-likeness (QED) is 0.921. The van der Waals surface area contributed by atoms with Gasteiger partial charge in [0.1, 0.15) is 0 Å². The van der Waals surface area contributed by atoms with Gasteiger partial charge < -0.3 is 5.11 Å². The fourth-order valence-electron chi connectivity index (χ4n) is 3.72. The molecule has 21 heavy (non-hydrogen) atoms. The van der Waals surface area contributed by atoms with Crippen molar-refractivity contribution in [3.05, 3.63) is 34.2 Å². The molecular weight excluding hydrogens is 268 g/mol. The van der Waals surface area contributed by atoms with E-state index in [0.717, 1.165) is 35.9 Å². The van der Waals surface area contributed by atoms with Crippen molar-refractivity contribution in [2.45, 2.75) is 37.5 Å². The Morgan fingerprint density at radius 3 is 2.43 bits per heavy atom. The SMILES string of the molecule is Cn1c(=O)n(C)c2c(C3(C(=O)O)CCCCC3)cccc21. The van der Waals surface area contributed by atoms with Gasteiger partial charge in [0.2, 0.25) is 0 Å². The van der Waals surface area contributed by atoms with E-state index >= 15 is 0 Å². The zero-order valence-electron chi connectivity index (χ0n) is 12.4. The minimum atomic E-state index is -0.858. The predicted molar refractivity (Wildman–Crippen MR) is 80.6 cm³/mol. The maximum atomic E-state index is 12.2. The molecule has 2 aromatic rings. The summed E-state index contributed by atoms with van der Waals surface area (Å²) in [5.74, 6) is -0.772. The lowest BCUT2D eigenvalue weighted by atomic mass is 9.69. The van der Waals surface area contributed by atoms with E-state index in [1.165, 1.54) is 0 Å². The first-order chi connectivity index (χ1) is 9.99. The second-order valence-electron chi connectivity index (χ2n) is 6.02. The summed E-state index contributed by atoms with van der Waals surface area (Å²) in [5, 5.41) is 9.87. The molecule has 5 nitrogen and oxygen atoms in total. The lowest BCUT2D eigenvalue weighted by Gasteiger charge is -2.34. The summed E-state index contributed by atoms with van der Waals surface area (Å²) in [6, 6.07) is 5.61. The molecule has 0 radical (unpaired) electrons. The Morgan fingerprint density at radius 1 is 1.14 bits per heavy atom. The number of imidazole rings is 1. The van der Waals surface area contributed by atoms with Crippen LogP contribution in [-0.2, 0) is 24.3 Å². The molecule has 1 aliphatic carbocycles. The van der Waals surface area contributed by atoms with Crippen molar-refractivity contribution in [1.82, 2.24) is 9.13 Å². The molecule has 0 bridgehead atoms. The Bertz CT molecular complexity index is 764. The first-order valence-corrected chi connectivity index (χ1v) is 7.37. The van der Waals surface area contributed by atoms with Gasteiger partial charge in [0.05, 0.1) is 16.4 Å². The van der Waals surface area contributed by atoms with Crippen LogP contribution in [0.4, 0.5) is 0 Å². The van der Waals surface area contributed by atoms with Gasteiger partial charge in [-0.1, -0.05) is 31.4 Å². The van der Waals surface area contributed by atoms with Gasteiger partial charge in [-0.05, 0) is 24.5 Å². The number of aryl methyl sites for hydroxylation is 2. The van der Waals surface area contributed by atoms with Crippen LogP contribution in [0.1, 0.15) is 37.7 Å². The van der Waals surface area contributed by atoms with Gasteiger partial charge in [-0.15, -0.1) is 0 Å². The number of benzene rings is 1. The lowest BCUT2D eigenvalue weighted by Crippen LogP contribution is -2.38. The Balaban J connectivity index is 2.36. The van der Waals surface area contributed by atoms with Crippen molar-refractivity contribution >= 4 is 17.0 Å². The molecule has 1 aliphatic rings. The van der Waals surface area contributed by atoms with Crippen LogP contribution in [-0.4, -0.2) is 20.2 Å². The van der Waals surface area contributed by atoms with E-state index in [2.05, 4.69) is 0 Å². The molecule has 1 aromatic heterocycles. The van der Waals surface area contributed by atoms with Gasteiger partial charge in [0.15, 0.2) is 0 Å². The largest absolute Gasteiger partial charge is 0.481 e. The minimum absolute atomic E-state index is 0.117. The molecule has 0 atom stereocenters. The lowest BCUT2D eigenvalue weighted by molar-refractivity contribution is -0.145. The number of aromatic nitrogens is 2. The molecular formula is C16H20N2O3. The second kappa shape index (κ2) is 4.76. The Kier molecular flexibility index (Phi) is 3.15. The number of fused-ring (bicyclic) bond motifs is 1. The average molecular weight is 288 g/mol. The zero-order valence-corrected chi connectivity index (χ0v) is 12.4. The third-order valence-corrected chi connectivity index (χ3v) is 4.92. The first kappa shape index (κ1) is 13.9. The summed E-state index contributed by atoms with van der Waals surface area (Å²) in [5.41, 5.74) is 1.37. The molecule has 1 N–H and O–H groups in total. The molecule has 0 saturated heterocycles. The van der Waals surface area contributed by atoms with Crippen molar-refractivity contribution in [2.75, 3.05) is 0 Å². The summed E-state index contributed by atoms with van der Waals surface area (Å²) >= 11 is 0. The maximum Gasteiger partial charge on any atom is 0.328 e. The van der Waals surface area contributed by atoms with Gasteiger partial charge in [-0.2, -0.15) is 0 Å². The molecule has 1 heterocycles. The number of hydrogen-bond donors (Lipinski definition) is 1. The summed E-state index contributed by atoms with van der Waals surface area (Å²) < 4.78 is 3.15. The molecule has 0 amide bonds. The molecule has 1 saturated carbocycles. The fraction of sp³-hybridized carbons (Fsp3) is 0.500. The summed E-state index contributed by atoms with van der Waals surface area (Å²) in [6.45, 7) is 0. The van der Waals surface area contributed by atoms with Crippen molar-refractivity contribution in [2.24, 2.45) is 14.1 Å². The number of carboxylic acid groups (broad SMARTS) is 1. The van der Waals surface area contributed by atoms with E-state index in [-0.39, 0.29) is 5.69 Å². The molecule has 1 fully saturated rings. The molecule has 5 heteroatoms. The highest BCUT2D eigenvalue weighted by Crippen LogP contribution is 2.42. The third kappa shape index (κ3) is 1.83. The van der Waals surface area contributed by atoms with Crippen LogP contribution >= 0.6 is 0 Å². The number of aliphatic carboxylic acids is 1. The van der Waals surface area contributed by atoms with Crippen LogP contribution in [0.25, 0.3) is 11.0 Å². The predicted octanol–water partition coefficient (Wildman–Crippen LogP) is 2.16. The third-order valence-electron chi connectivity index (χ3n) is 4.92. The normalized spacial score (nSPS) is 18.0. The highest BCUT2D eigenvalue weighted by Gasteiger charge is 2.43. The molecule has 3 rings (SSSR count). The first-order valence-electron chi connectivity index (χ1n) is 7.37. The monoisotopic (exact) mass is 288 g/mol. The second-order valence-corrected chi connectivity index (χ2v) is 6.02. The van der Waals surface area contributed by atoms with Gasteiger partial charge in [0, 0.05) is 14.1 Å². The number of carbonyl (C=O) groups is 1. The number of rotatable bonds is 2. The molecule has 1 aromatic carbocycles. The Labute approximate surface area is 122 Å². The highest BCUT2D eigenvalue weighted by molar-refractivity contribution is 5.90. The van der Waals surface area contributed by atoms with E-state index in [0.29, 0.717) is 12.8 Å². The van der Waals surface area contributed by atoms with Crippen LogP contribution < -0.4 is 5.69 Å². The van der Waals surface area contributed by atoms with Crippen LogP contribution in [0.3, 0.4) is 0 Å². The molecule has 0 aliphatic heterocycles. The number of hydrogen-bond acceptors (Lipinski definition) is 2. The van der Waals surface area contributed by atoms with Crippen LogP contribution in [0, 0.1) is 0 Å². The summed E-state index contributed by atoms with van der Waals surface area (Å²) in [6.07, 6.45) is 4.21. The van der Waals surface area contributed by atoms with E-state index in [1.54, 1.807) is 23.2 Å². The van der Waals surface area contributed by atoms with Gasteiger partial charge >= 0.3 is 11.7 Å². The topological polar surface area (TPSA) is 64.2 Å². The number of para-hydroxylation sites is 1. The maximum absolute atomic E-state index is 12.2. The van der Waals surface area contributed by atoms with Crippen molar-refractivity contribution in [3.63, 3.8) is 0 Å². The Hall–Kier alpha value is -2.04. The highest BCUT2D eigenvalue weighted by atomic mass is 16.4. The van der Waals surface area contributed by atoms with E-state index < -0.39 is 11.4 Å². The van der Waals surface area contributed by atoms with E-state index in [4.69, 9.17) is 0 Å². The summed E-state index contributed by atoms with van der Waals surface area (Å²) in [7, 11) is 3.44. The van der Waals surface area contributed by atoms with Crippen LogP contribution in [0.5, 0.6) is 0 Å². The van der Waals surface area contributed by atoms with Crippen LogP contribution in [0.15, 0.2) is 23.0 Å². The fourth-order valence-corrected chi connectivity index (χ4v) is 3.72. The molecule has 112 valence electrons. The van der Waals surface area contributed by atoms with E-state index in [1.807, 2.05) is 18.2 Å². The van der Waals surface area contributed by atoms with Gasteiger partial charge in [-0.25, -0.2) is 4.79 Å².